The average Bonchev–Trinajstić information content (AvgIpc) is 2.35. The predicted octanol–water partition coefficient (Wildman–Crippen LogP) is 2.71. The standard InChI is InChI=1S/C11H12N2O2.C2H6/c1-3-11(15)13-10-6-8(2)4-5-9(10)12-7-14;1-2/h3-7H,1H2,2H3,(H,12,14)(H,13,15);1-2H3. The van der Waals surface area contributed by atoms with E-state index in [9.17, 15) is 9.59 Å². The van der Waals surface area contributed by atoms with Gasteiger partial charge in [0.1, 0.15) is 0 Å². The maximum atomic E-state index is 11.1. The first-order valence-electron chi connectivity index (χ1n) is 5.41. The number of hydrogen-bond acceptors (Lipinski definition) is 2. The van der Waals surface area contributed by atoms with Crippen LogP contribution in [0.5, 0.6) is 0 Å². The van der Waals surface area contributed by atoms with E-state index < -0.39 is 0 Å². The van der Waals surface area contributed by atoms with Crippen LogP contribution >= 0.6 is 0 Å². The van der Waals surface area contributed by atoms with Crippen LogP contribution in [0.4, 0.5) is 11.4 Å². The number of carbonyl (C=O) groups is 2. The summed E-state index contributed by atoms with van der Waals surface area (Å²) in [6, 6.07) is 5.34. The fraction of sp³-hybridized carbons (Fsp3) is 0.231. The molecule has 4 heteroatoms. The van der Waals surface area contributed by atoms with Crippen molar-refractivity contribution >= 4 is 23.7 Å². The molecule has 0 aromatic heterocycles. The van der Waals surface area contributed by atoms with Crippen molar-refractivity contribution in [3.63, 3.8) is 0 Å². The van der Waals surface area contributed by atoms with Crippen LogP contribution in [0.25, 0.3) is 0 Å². The summed E-state index contributed by atoms with van der Waals surface area (Å²) in [7, 11) is 0. The van der Waals surface area contributed by atoms with E-state index in [4.69, 9.17) is 0 Å². The van der Waals surface area contributed by atoms with Crippen molar-refractivity contribution in [2.45, 2.75) is 20.8 Å². The summed E-state index contributed by atoms with van der Waals surface area (Å²) in [5.41, 5.74) is 2.11. The van der Waals surface area contributed by atoms with Crippen molar-refractivity contribution in [1.29, 1.82) is 0 Å². The summed E-state index contributed by atoms with van der Waals surface area (Å²) in [6.07, 6.45) is 1.74. The second-order valence-corrected chi connectivity index (χ2v) is 3.00. The molecule has 0 bridgehead atoms. The van der Waals surface area contributed by atoms with Crippen LogP contribution in [0.1, 0.15) is 19.4 Å². The van der Waals surface area contributed by atoms with Crippen LogP contribution < -0.4 is 10.6 Å². The van der Waals surface area contributed by atoms with Gasteiger partial charge in [-0.3, -0.25) is 9.59 Å². The zero-order valence-electron chi connectivity index (χ0n) is 10.4. The van der Waals surface area contributed by atoms with Crippen molar-refractivity contribution in [2.75, 3.05) is 10.6 Å². The molecule has 1 aromatic rings. The highest BCUT2D eigenvalue weighted by Crippen LogP contribution is 2.22. The molecule has 0 saturated carbocycles. The van der Waals surface area contributed by atoms with Gasteiger partial charge in [-0.1, -0.05) is 26.5 Å². The zero-order chi connectivity index (χ0) is 13.3. The first-order valence-corrected chi connectivity index (χ1v) is 5.41. The molecule has 0 saturated heterocycles. The van der Waals surface area contributed by atoms with E-state index in [-0.39, 0.29) is 5.91 Å². The summed E-state index contributed by atoms with van der Waals surface area (Å²) in [4.78, 5) is 21.4. The molecule has 1 rings (SSSR count). The molecule has 17 heavy (non-hydrogen) atoms. The molecule has 0 radical (unpaired) electrons. The van der Waals surface area contributed by atoms with Gasteiger partial charge in [-0.25, -0.2) is 0 Å². The van der Waals surface area contributed by atoms with Gasteiger partial charge in [0.05, 0.1) is 11.4 Å². The molecule has 0 aliphatic rings. The van der Waals surface area contributed by atoms with Gasteiger partial charge in [0.2, 0.25) is 12.3 Å². The maximum Gasteiger partial charge on any atom is 0.247 e. The minimum Gasteiger partial charge on any atom is -0.327 e. The number of amides is 2. The number of aryl methyl sites for hydroxylation is 1. The number of carbonyl (C=O) groups excluding carboxylic acids is 2. The Morgan fingerprint density at radius 2 is 1.94 bits per heavy atom. The smallest absolute Gasteiger partial charge is 0.247 e. The highest BCUT2D eigenvalue weighted by Gasteiger charge is 2.03. The van der Waals surface area contributed by atoms with Crippen molar-refractivity contribution in [3.05, 3.63) is 36.4 Å². The summed E-state index contributed by atoms with van der Waals surface area (Å²) >= 11 is 0. The van der Waals surface area contributed by atoms with Gasteiger partial charge in [0.25, 0.3) is 0 Å². The van der Waals surface area contributed by atoms with Crippen molar-refractivity contribution in [3.8, 4) is 0 Å². The lowest BCUT2D eigenvalue weighted by molar-refractivity contribution is -0.112. The van der Waals surface area contributed by atoms with Gasteiger partial charge in [-0.05, 0) is 30.7 Å². The molecule has 4 nitrogen and oxygen atoms in total. The average molecular weight is 234 g/mol. The number of nitrogens with one attached hydrogen (secondary N) is 2. The van der Waals surface area contributed by atoms with Crippen LogP contribution in [-0.2, 0) is 9.59 Å². The monoisotopic (exact) mass is 234 g/mol. The van der Waals surface area contributed by atoms with Crippen LogP contribution in [0.15, 0.2) is 30.9 Å². The summed E-state index contributed by atoms with van der Waals surface area (Å²) in [6.45, 7) is 9.25. The quantitative estimate of drug-likeness (QED) is 0.621. The molecule has 1 aromatic carbocycles. The molecule has 0 heterocycles. The van der Waals surface area contributed by atoms with E-state index >= 15 is 0 Å². The molecule has 2 amide bonds. The Balaban J connectivity index is 0.00000121. The number of hydrogen-bond donors (Lipinski definition) is 2. The molecule has 0 unspecified atom stereocenters. The summed E-state index contributed by atoms with van der Waals surface area (Å²) in [5.74, 6) is -0.311. The fourth-order valence-electron chi connectivity index (χ4n) is 1.13. The Bertz CT molecular complexity index is 400. The Morgan fingerprint density at radius 1 is 1.29 bits per heavy atom. The fourth-order valence-corrected chi connectivity index (χ4v) is 1.13. The minimum absolute atomic E-state index is 0.311. The zero-order valence-corrected chi connectivity index (χ0v) is 10.4. The second kappa shape index (κ2) is 8.10. The van der Waals surface area contributed by atoms with Crippen LogP contribution in [0, 0.1) is 6.92 Å². The largest absolute Gasteiger partial charge is 0.327 e. The SMILES string of the molecule is C=CC(=O)Nc1cc(C)ccc1NC=O.CC. The lowest BCUT2D eigenvalue weighted by Gasteiger charge is -2.09. The molecule has 0 fully saturated rings. The minimum atomic E-state index is -0.311. The lowest BCUT2D eigenvalue weighted by Crippen LogP contribution is -2.10. The highest BCUT2D eigenvalue weighted by molar-refractivity contribution is 6.02. The summed E-state index contributed by atoms with van der Waals surface area (Å²) < 4.78 is 0. The first-order chi connectivity index (χ1) is 8.17. The Hall–Kier alpha value is -2.10. The van der Waals surface area contributed by atoms with Gasteiger partial charge < -0.3 is 10.6 Å². The van der Waals surface area contributed by atoms with Crippen molar-refractivity contribution in [2.24, 2.45) is 0 Å². The molecule has 0 aliphatic carbocycles. The predicted molar refractivity (Wildman–Crippen MR) is 71.0 cm³/mol. The molecule has 0 atom stereocenters. The van der Waals surface area contributed by atoms with Gasteiger partial charge >= 0.3 is 0 Å². The van der Waals surface area contributed by atoms with Crippen LogP contribution in [0.2, 0.25) is 0 Å². The third-order valence-corrected chi connectivity index (χ3v) is 1.83. The van der Waals surface area contributed by atoms with Crippen molar-refractivity contribution < 1.29 is 9.59 Å². The lowest BCUT2D eigenvalue weighted by atomic mass is 10.2. The summed E-state index contributed by atoms with van der Waals surface area (Å²) in [5, 5.41) is 5.11. The third kappa shape index (κ3) is 4.97. The van der Waals surface area contributed by atoms with Gasteiger partial charge in [0, 0.05) is 0 Å². The van der Waals surface area contributed by atoms with Gasteiger partial charge in [-0.15, -0.1) is 0 Å². The molecular weight excluding hydrogens is 216 g/mol. The van der Waals surface area contributed by atoms with Crippen molar-refractivity contribution in [1.82, 2.24) is 0 Å². The normalized spacial score (nSPS) is 8.41. The van der Waals surface area contributed by atoms with E-state index in [2.05, 4.69) is 17.2 Å². The van der Waals surface area contributed by atoms with E-state index in [0.717, 1.165) is 5.56 Å². The van der Waals surface area contributed by atoms with E-state index in [1.807, 2.05) is 26.8 Å². The first kappa shape index (κ1) is 14.9. The molecule has 2 N–H and O–H groups in total. The third-order valence-electron chi connectivity index (χ3n) is 1.83. The van der Waals surface area contributed by atoms with Crippen LogP contribution in [-0.4, -0.2) is 12.3 Å². The van der Waals surface area contributed by atoms with E-state index in [1.165, 1.54) is 6.08 Å². The number of anilines is 2. The maximum absolute atomic E-state index is 11.1. The number of rotatable bonds is 4. The Kier molecular flexibility index (Phi) is 7.10. The van der Waals surface area contributed by atoms with E-state index in [1.54, 1.807) is 12.1 Å². The molecular formula is C13H18N2O2. The van der Waals surface area contributed by atoms with Crippen LogP contribution in [0.3, 0.4) is 0 Å². The topological polar surface area (TPSA) is 58.2 Å². The Labute approximate surface area is 102 Å². The Morgan fingerprint density at radius 3 is 2.47 bits per heavy atom. The van der Waals surface area contributed by atoms with Gasteiger partial charge in [-0.2, -0.15) is 0 Å². The molecule has 0 aliphatic heterocycles. The molecule has 0 spiro atoms. The molecule has 92 valence electrons. The van der Waals surface area contributed by atoms with Gasteiger partial charge in [0.15, 0.2) is 0 Å². The second-order valence-electron chi connectivity index (χ2n) is 3.00. The highest BCUT2D eigenvalue weighted by atomic mass is 16.1. The number of benzene rings is 1. The van der Waals surface area contributed by atoms with E-state index in [0.29, 0.717) is 17.8 Å².